The summed E-state index contributed by atoms with van der Waals surface area (Å²) in [6, 6.07) is 39.6. The number of hydrogen-bond acceptors (Lipinski definition) is 4. The van der Waals surface area contributed by atoms with Crippen molar-refractivity contribution in [2.75, 3.05) is 38.6 Å². The lowest BCUT2D eigenvalue weighted by molar-refractivity contribution is 0.0664. The molecule has 1 fully saturated rings. The highest BCUT2D eigenvalue weighted by Crippen LogP contribution is 2.44. The van der Waals surface area contributed by atoms with Crippen molar-refractivity contribution in [3.05, 3.63) is 132 Å². The van der Waals surface area contributed by atoms with Gasteiger partial charge in [-0.2, -0.15) is 4.31 Å². The van der Waals surface area contributed by atoms with Gasteiger partial charge >= 0.3 is 0 Å². The van der Waals surface area contributed by atoms with Crippen molar-refractivity contribution < 1.29 is 8.42 Å². The molecular formula is C44H59N3O2S. The summed E-state index contributed by atoms with van der Waals surface area (Å²) in [4.78, 5) is 4.94. The van der Waals surface area contributed by atoms with E-state index < -0.39 is 15.6 Å². The first kappa shape index (κ1) is 37.8. The summed E-state index contributed by atoms with van der Waals surface area (Å²) in [5, 5.41) is 0. The molecule has 5 nitrogen and oxygen atoms in total. The monoisotopic (exact) mass is 693 g/mol. The molecule has 1 unspecified atom stereocenters. The number of benzene rings is 4. The first-order valence-electron chi connectivity index (χ1n) is 19.1. The van der Waals surface area contributed by atoms with Crippen molar-refractivity contribution >= 4 is 15.7 Å². The van der Waals surface area contributed by atoms with Crippen LogP contribution in [0, 0.1) is 0 Å². The smallest absolute Gasteiger partial charge is 0.243 e. The standard InChI is InChI=1S/C44H59N3O2S/c1-4-5-6-7-8-9-10-11-12-13-23-30-42-37-46(35-36-47(42)50(48,49)43-33-31-41(32-34-43)45(2)3)44(38-24-17-14-18-25-38,39-26-19-15-20-27-39)40-28-21-16-22-29-40/h14-22,24-29,31-34,42H,4-13,23,30,35-37H2,1-3H3. The van der Waals surface area contributed by atoms with Crippen molar-refractivity contribution in [1.29, 1.82) is 0 Å². The van der Waals surface area contributed by atoms with Crippen molar-refractivity contribution in [1.82, 2.24) is 9.21 Å². The number of hydrogen-bond donors (Lipinski definition) is 0. The molecule has 0 amide bonds. The zero-order valence-corrected chi connectivity index (χ0v) is 31.5. The summed E-state index contributed by atoms with van der Waals surface area (Å²) in [6.45, 7) is 3.97. The molecule has 4 aromatic rings. The van der Waals surface area contributed by atoms with Crippen molar-refractivity contribution in [3.63, 3.8) is 0 Å². The second-order valence-electron chi connectivity index (χ2n) is 14.2. The minimum atomic E-state index is -3.69. The van der Waals surface area contributed by atoms with Crippen LogP contribution >= 0.6 is 0 Å². The van der Waals surface area contributed by atoms with Crippen molar-refractivity contribution in [2.24, 2.45) is 0 Å². The van der Waals surface area contributed by atoms with Gasteiger partial charge in [0.2, 0.25) is 10.0 Å². The van der Waals surface area contributed by atoms with Crippen LogP contribution in [0.1, 0.15) is 101 Å². The van der Waals surface area contributed by atoms with E-state index in [1.165, 1.54) is 74.5 Å². The van der Waals surface area contributed by atoms with Gasteiger partial charge in [0, 0.05) is 45.5 Å². The van der Waals surface area contributed by atoms with Gasteiger partial charge in [0.1, 0.15) is 0 Å². The third-order valence-electron chi connectivity index (χ3n) is 10.6. The Morgan fingerprint density at radius 2 is 1.04 bits per heavy atom. The molecule has 5 rings (SSSR count). The van der Waals surface area contributed by atoms with Gasteiger partial charge < -0.3 is 4.90 Å². The van der Waals surface area contributed by atoms with Gasteiger partial charge in [-0.15, -0.1) is 0 Å². The predicted octanol–water partition coefficient (Wildman–Crippen LogP) is 10.1. The van der Waals surface area contributed by atoms with Crippen LogP contribution in [0.25, 0.3) is 0 Å². The van der Waals surface area contributed by atoms with E-state index in [1.807, 2.05) is 35.4 Å². The number of nitrogens with zero attached hydrogens (tertiary/aromatic N) is 3. The molecule has 268 valence electrons. The zero-order valence-electron chi connectivity index (χ0n) is 30.7. The van der Waals surface area contributed by atoms with E-state index >= 15 is 0 Å². The molecule has 1 heterocycles. The van der Waals surface area contributed by atoms with Gasteiger partial charge in [-0.05, 0) is 47.4 Å². The lowest BCUT2D eigenvalue weighted by Crippen LogP contribution is -2.61. The van der Waals surface area contributed by atoms with Crippen LogP contribution in [-0.4, -0.2) is 57.4 Å². The SMILES string of the molecule is CCCCCCCCCCCCCC1CN(C(c2ccccc2)(c2ccccc2)c2ccccc2)CCN1S(=O)(=O)c1ccc(N(C)C)cc1. The van der Waals surface area contributed by atoms with Gasteiger partial charge in [0.25, 0.3) is 0 Å². The summed E-state index contributed by atoms with van der Waals surface area (Å²) in [5.41, 5.74) is 4.01. The Morgan fingerprint density at radius 3 is 1.48 bits per heavy atom. The van der Waals surface area contributed by atoms with Crippen LogP contribution < -0.4 is 4.90 Å². The van der Waals surface area contributed by atoms with E-state index in [1.54, 1.807) is 12.1 Å². The molecule has 6 heteroatoms. The van der Waals surface area contributed by atoms with Crippen LogP contribution in [0.3, 0.4) is 0 Å². The molecule has 1 saturated heterocycles. The normalized spacial score (nSPS) is 16.0. The number of sulfonamides is 1. The molecule has 0 saturated carbocycles. The molecule has 0 N–H and O–H groups in total. The summed E-state index contributed by atoms with van der Waals surface area (Å²) in [7, 11) is 0.261. The van der Waals surface area contributed by atoms with Crippen LogP contribution in [0.2, 0.25) is 0 Å². The van der Waals surface area contributed by atoms with Crippen LogP contribution in [-0.2, 0) is 15.6 Å². The van der Waals surface area contributed by atoms with Gasteiger partial charge in [-0.3, -0.25) is 4.90 Å². The van der Waals surface area contributed by atoms with Crippen molar-refractivity contribution in [2.45, 2.75) is 100 Å². The molecule has 0 radical (unpaired) electrons. The minimum Gasteiger partial charge on any atom is -0.378 e. The number of piperazine rings is 1. The van der Waals surface area contributed by atoms with E-state index in [4.69, 9.17) is 0 Å². The highest BCUT2D eigenvalue weighted by molar-refractivity contribution is 7.89. The van der Waals surface area contributed by atoms with Crippen molar-refractivity contribution in [3.8, 4) is 0 Å². The zero-order chi connectivity index (χ0) is 35.2. The second kappa shape index (κ2) is 18.7. The number of anilines is 1. The van der Waals surface area contributed by atoms with Gasteiger partial charge in [-0.25, -0.2) is 8.42 Å². The maximum Gasteiger partial charge on any atom is 0.243 e. The van der Waals surface area contributed by atoms with Crippen LogP contribution in [0.15, 0.2) is 120 Å². The Labute approximate surface area is 303 Å². The lowest BCUT2D eigenvalue weighted by Gasteiger charge is -2.51. The Morgan fingerprint density at radius 1 is 0.600 bits per heavy atom. The van der Waals surface area contributed by atoms with E-state index in [2.05, 4.69) is 103 Å². The Balaban J connectivity index is 1.42. The summed E-state index contributed by atoms with van der Waals surface area (Å²) in [5.74, 6) is 0. The minimum absolute atomic E-state index is 0.142. The molecule has 0 aromatic heterocycles. The quantitative estimate of drug-likeness (QED) is 0.0725. The first-order valence-corrected chi connectivity index (χ1v) is 20.5. The lowest BCUT2D eigenvalue weighted by atomic mass is 9.75. The predicted molar refractivity (Wildman–Crippen MR) is 210 cm³/mol. The molecule has 4 aromatic carbocycles. The molecule has 0 bridgehead atoms. The fourth-order valence-electron chi connectivity index (χ4n) is 7.88. The average Bonchev–Trinajstić information content (AvgIpc) is 3.15. The molecule has 50 heavy (non-hydrogen) atoms. The van der Waals surface area contributed by atoms with Crippen LogP contribution in [0.5, 0.6) is 0 Å². The largest absolute Gasteiger partial charge is 0.378 e. The third kappa shape index (κ3) is 9.06. The molecule has 1 aliphatic heterocycles. The van der Waals surface area contributed by atoms with Gasteiger partial charge in [0.15, 0.2) is 0 Å². The molecule has 0 spiro atoms. The molecule has 0 aliphatic carbocycles. The Hall–Kier alpha value is -3.45. The molecular weight excluding hydrogens is 635 g/mol. The first-order chi connectivity index (χ1) is 24.4. The van der Waals surface area contributed by atoms with Gasteiger partial charge in [0.05, 0.1) is 10.4 Å². The highest BCUT2D eigenvalue weighted by atomic mass is 32.2. The summed E-state index contributed by atoms with van der Waals surface area (Å²) in [6.07, 6.45) is 14.9. The number of unbranched alkanes of at least 4 members (excludes halogenated alkanes) is 10. The fourth-order valence-corrected chi connectivity index (χ4v) is 9.51. The van der Waals surface area contributed by atoms with E-state index in [-0.39, 0.29) is 6.04 Å². The van der Waals surface area contributed by atoms with Gasteiger partial charge in [-0.1, -0.05) is 169 Å². The second-order valence-corrected chi connectivity index (χ2v) is 16.1. The molecule has 1 atom stereocenters. The Kier molecular flexibility index (Phi) is 14.1. The van der Waals surface area contributed by atoms with E-state index in [0.717, 1.165) is 24.9 Å². The number of rotatable bonds is 19. The topological polar surface area (TPSA) is 43.9 Å². The fraction of sp³-hybridized carbons (Fsp3) is 0.455. The molecule has 1 aliphatic rings. The summed E-state index contributed by atoms with van der Waals surface area (Å²) < 4.78 is 30.7. The average molecular weight is 694 g/mol. The third-order valence-corrected chi connectivity index (χ3v) is 12.5. The maximum absolute atomic E-state index is 14.4. The van der Waals surface area contributed by atoms with Crippen LogP contribution in [0.4, 0.5) is 5.69 Å². The summed E-state index contributed by atoms with van der Waals surface area (Å²) >= 11 is 0. The highest BCUT2D eigenvalue weighted by Gasteiger charge is 2.47. The maximum atomic E-state index is 14.4. The van der Waals surface area contributed by atoms with E-state index in [0.29, 0.717) is 24.5 Å². The van der Waals surface area contributed by atoms with E-state index in [9.17, 15) is 8.42 Å². The Bertz CT molecular complexity index is 1550.